The second kappa shape index (κ2) is 3.03. The summed E-state index contributed by atoms with van der Waals surface area (Å²) in [6.45, 7) is 0. The quantitative estimate of drug-likeness (QED) is 0.690. The third-order valence-electron chi connectivity index (χ3n) is 2.54. The first-order valence-corrected chi connectivity index (χ1v) is 4.75. The van der Waals surface area contributed by atoms with Gasteiger partial charge in [0.1, 0.15) is 0 Å². The van der Waals surface area contributed by atoms with Gasteiger partial charge in [0.15, 0.2) is 6.29 Å². The smallest absolute Gasteiger partial charge is 0.272 e. The number of aldehydes is 1. The van der Waals surface area contributed by atoms with Crippen LogP contribution in [-0.2, 0) is 4.79 Å². The van der Waals surface area contributed by atoms with Gasteiger partial charge in [-0.3, -0.25) is 9.59 Å². The lowest BCUT2D eigenvalue weighted by Crippen LogP contribution is -2.14. The molecule has 0 aliphatic carbocycles. The van der Waals surface area contributed by atoms with E-state index in [9.17, 15) is 9.59 Å². The molecule has 0 spiro atoms. The van der Waals surface area contributed by atoms with E-state index in [1.807, 2.05) is 6.07 Å². The van der Waals surface area contributed by atoms with Crippen LogP contribution in [0.2, 0.25) is 0 Å². The molecule has 0 bridgehead atoms. The Kier molecular flexibility index (Phi) is 1.67. The summed E-state index contributed by atoms with van der Waals surface area (Å²) in [6, 6.07) is 5.30. The van der Waals surface area contributed by atoms with Crippen LogP contribution < -0.4 is 10.9 Å². The Hall–Kier alpha value is -2.43. The molecule has 0 unspecified atom stereocenters. The zero-order valence-corrected chi connectivity index (χ0v) is 8.15. The van der Waals surface area contributed by atoms with E-state index < -0.39 is 0 Å². The summed E-state index contributed by atoms with van der Waals surface area (Å²) >= 11 is 0. The molecule has 1 aliphatic heterocycles. The van der Waals surface area contributed by atoms with Gasteiger partial charge in [-0.1, -0.05) is 6.07 Å². The van der Waals surface area contributed by atoms with E-state index in [-0.39, 0.29) is 5.56 Å². The number of nitrogens with one attached hydrogen (secondary N) is 2. The summed E-state index contributed by atoms with van der Waals surface area (Å²) < 4.78 is 0. The van der Waals surface area contributed by atoms with E-state index in [0.717, 1.165) is 11.1 Å². The summed E-state index contributed by atoms with van der Waals surface area (Å²) in [6.07, 6.45) is 2.33. The number of anilines is 1. The largest absolute Gasteiger partial charge is 0.352 e. The monoisotopic (exact) mass is 213 g/mol. The van der Waals surface area contributed by atoms with E-state index in [1.54, 1.807) is 18.2 Å². The van der Waals surface area contributed by atoms with Gasteiger partial charge in [-0.05, 0) is 18.2 Å². The minimum Gasteiger partial charge on any atom is -0.352 e. The minimum atomic E-state index is -0.231. The van der Waals surface area contributed by atoms with Gasteiger partial charge in [0.05, 0.1) is 16.8 Å². The van der Waals surface area contributed by atoms with Crippen LogP contribution in [0.15, 0.2) is 28.7 Å². The van der Waals surface area contributed by atoms with E-state index in [0.29, 0.717) is 23.1 Å². The van der Waals surface area contributed by atoms with Crippen molar-refractivity contribution in [3.63, 3.8) is 0 Å². The van der Waals surface area contributed by atoms with E-state index in [1.165, 1.54) is 0 Å². The number of hydrogen-bond acceptors (Lipinski definition) is 4. The molecular weight excluding hydrogens is 206 g/mol. The van der Waals surface area contributed by atoms with Crippen molar-refractivity contribution in [2.24, 2.45) is 0 Å². The summed E-state index contributed by atoms with van der Waals surface area (Å²) in [4.78, 5) is 22.3. The Labute approximate surface area is 89.8 Å². The number of aromatic amines is 1. The Bertz CT molecular complexity index is 685. The lowest BCUT2D eigenvalue weighted by atomic mass is 10.1. The van der Waals surface area contributed by atoms with E-state index in [2.05, 4.69) is 15.5 Å². The third kappa shape index (κ3) is 1.08. The lowest BCUT2D eigenvalue weighted by molar-refractivity contribution is -0.104. The summed E-state index contributed by atoms with van der Waals surface area (Å²) in [5.41, 5.74) is 1.53. The topological polar surface area (TPSA) is 74.8 Å². The molecule has 2 aromatic rings. The second-order valence-electron chi connectivity index (χ2n) is 3.51. The molecule has 0 fully saturated rings. The van der Waals surface area contributed by atoms with Crippen LogP contribution in [0.3, 0.4) is 0 Å². The molecule has 1 aliphatic rings. The number of nitrogens with zero attached hydrogens (tertiary/aromatic N) is 1. The molecular formula is C11H7N3O2. The molecule has 1 aromatic carbocycles. The van der Waals surface area contributed by atoms with E-state index >= 15 is 0 Å². The van der Waals surface area contributed by atoms with Crippen molar-refractivity contribution < 1.29 is 4.79 Å². The maximum absolute atomic E-state index is 11.5. The Balaban J connectivity index is 2.49. The van der Waals surface area contributed by atoms with Crippen LogP contribution >= 0.6 is 0 Å². The normalized spacial score (nSPS) is 13.1. The van der Waals surface area contributed by atoms with Crippen LogP contribution in [0.4, 0.5) is 5.69 Å². The highest BCUT2D eigenvalue weighted by Gasteiger charge is 2.14. The Morgan fingerprint density at radius 3 is 3.00 bits per heavy atom. The highest BCUT2D eigenvalue weighted by Crippen LogP contribution is 2.29. The molecule has 0 saturated heterocycles. The average molecular weight is 213 g/mol. The first-order valence-electron chi connectivity index (χ1n) is 4.75. The van der Waals surface area contributed by atoms with Crippen molar-refractivity contribution in [1.29, 1.82) is 0 Å². The number of hydrogen-bond donors (Lipinski definition) is 2. The van der Waals surface area contributed by atoms with Crippen LogP contribution in [-0.4, -0.2) is 16.5 Å². The van der Waals surface area contributed by atoms with Crippen molar-refractivity contribution in [2.75, 3.05) is 5.32 Å². The number of carbonyl (C=O) groups excluding carboxylic acids is 1. The zero-order chi connectivity index (χ0) is 11.1. The van der Waals surface area contributed by atoms with E-state index in [4.69, 9.17) is 0 Å². The number of rotatable bonds is 1. The van der Waals surface area contributed by atoms with Crippen LogP contribution in [0, 0.1) is 0 Å². The van der Waals surface area contributed by atoms with Crippen molar-refractivity contribution in [1.82, 2.24) is 10.2 Å². The number of H-pyrrole nitrogens is 1. The summed E-state index contributed by atoms with van der Waals surface area (Å²) in [5.74, 6) is 0. The van der Waals surface area contributed by atoms with Crippen molar-refractivity contribution in [3.8, 4) is 0 Å². The fraction of sp³-hybridized carbons (Fsp3) is 0. The first-order chi connectivity index (χ1) is 7.79. The molecule has 0 amide bonds. The molecule has 3 rings (SSSR count). The summed E-state index contributed by atoms with van der Waals surface area (Å²) in [7, 11) is 0. The average Bonchev–Trinajstić information content (AvgIpc) is 2.33. The van der Waals surface area contributed by atoms with Gasteiger partial charge >= 0.3 is 0 Å². The molecule has 0 saturated carbocycles. The maximum Gasteiger partial charge on any atom is 0.272 e. The third-order valence-corrected chi connectivity index (χ3v) is 2.54. The highest BCUT2D eigenvalue weighted by molar-refractivity contribution is 6.05. The van der Waals surface area contributed by atoms with Crippen molar-refractivity contribution in [3.05, 3.63) is 39.9 Å². The van der Waals surface area contributed by atoms with Gasteiger partial charge < -0.3 is 5.32 Å². The van der Waals surface area contributed by atoms with Gasteiger partial charge in [0.2, 0.25) is 0 Å². The van der Waals surface area contributed by atoms with Crippen LogP contribution in [0.5, 0.6) is 0 Å². The van der Waals surface area contributed by atoms with Crippen LogP contribution in [0.25, 0.3) is 16.8 Å². The number of aromatic nitrogens is 2. The zero-order valence-electron chi connectivity index (χ0n) is 8.15. The lowest BCUT2D eigenvalue weighted by Gasteiger charge is -2.15. The fourth-order valence-corrected chi connectivity index (χ4v) is 1.86. The van der Waals surface area contributed by atoms with Gasteiger partial charge in [0.25, 0.3) is 5.56 Å². The van der Waals surface area contributed by atoms with Gasteiger partial charge in [0, 0.05) is 11.1 Å². The molecule has 16 heavy (non-hydrogen) atoms. The standard InChI is InChI=1S/C11H7N3O2/c15-5-6-4-9-10-7(11(16)14-13-9)2-1-3-8(10)12-6/h1-5,12H,(H,14,16). The number of allylic oxidation sites excluding steroid dienone is 1. The second-order valence-corrected chi connectivity index (χ2v) is 3.51. The van der Waals surface area contributed by atoms with Crippen LogP contribution in [0.1, 0.15) is 5.69 Å². The molecule has 2 N–H and O–H groups in total. The predicted molar refractivity (Wildman–Crippen MR) is 60.0 cm³/mol. The number of benzene rings is 1. The molecule has 1 aromatic heterocycles. The minimum absolute atomic E-state index is 0.231. The van der Waals surface area contributed by atoms with Gasteiger partial charge in [-0.15, -0.1) is 0 Å². The summed E-state index contributed by atoms with van der Waals surface area (Å²) in [5, 5.41) is 10.6. The highest BCUT2D eigenvalue weighted by atomic mass is 16.1. The molecule has 0 radical (unpaired) electrons. The molecule has 5 nitrogen and oxygen atoms in total. The van der Waals surface area contributed by atoms with Gasteiger partial charge in [-0.2, -0.15) is 5.10 Å². The molecule has 0 atom stereocenters. The molecule has 78 valence electrons. The maximum atomic E-state index is 11.5. The van der Waals surface area contributed by atoms with Gasteiger partial charge in [-0.25, -0.2) is 5.10 Å². The number of carbonyl (C=O) groups is 1. The van der Waals surface area contributed by atoms with Crippen molar-refractivity contribution >= 4 is 28.8 Å². The Morgan fingerprint density at radius 2 is 2.19 bits per heavy atom. The van der Waals surface area contributed by atoms with Crippen molar-refractivity contribution in [2.45, 2.75) is 0 Å². The SMILES string of the molecule is O=CC1=Cc2n[nH]c(=O)c3cccc(c23)N1. The predicted octanol–water partition coefficient (Wildman–Crippen LogP) is 0.888. The molecule has 5 heteroatoms. The Morgan fingerprint density at radius 1 is 1.31 bits per heavy atom. The fourth-order valence-electron chi connectivity index (χ4n) is 1.86. The molecule has 2 heterocycles. The first kappa shape index (κ1) is 8.84.